The molecule has 0 unspecified atom stereocenters. The minimum atomic E-state index is -2.90. The lowest BCUT2D eigenvalue weighted by Crippen LogP contribution is -2.15. The summed E-state index contributed by atoms with van der Waals surface area (Å²) >= 11 is 2.75. The highest BCUT2D eigenvalue weighted by Crippen LogP contribution is 2.24. The van der Waals surface area contributed by atoms with Crippen LogP contribution >= 0.6 is 15.9 Å². The second-order valence-corrected chi connectivity index (χ2v) is 3.21. The van der Waals surface area contributed by atoms with Crippen LogP contribution in [0.3, 0.4) is 0 Å². The summed E-state index contributed by atoms with van der Waals surface area (Å²) in [7, 11) is 0. The molecule has 1 aromatic heterocycles. The van der Waals surface area contributed by atoms with Gasteiger partial charge in [0.1, 0.15) is 11.3 Å². The van der Waals surface area contributed by atoms with Crippen LogP contribution in [0.1, 0.15) is 22.5 Å². The van der Waals surface area contributed by atoms with E-state index in [1.165, 1.54) is 0 Å². The summed E-state index contributed by atoms with van der Waals surface area (Å²) in [5, 5.41) is 0. The quantitative estimate of drug-likeness (QED) is 0.835. The van der Waals surface area contributed by atoms with Gasteiger partial charge in [0.15, 0.2) is 0 Å². The predicted octanol–water partition coefficient (Wildman–Crippen LogP) is 2.02. The second-order valence-electron chi connectivity index (χ2n) is 2.36. The second kappa shape index (κ2) is 3.95. The van der Waals surface area contributed by atoms with E-state index in [9.17, 15) is 18.0 Å². The summed E-state index contributed by atoms with van der Waals surface area (Å²) in [4.78, 5) is 13.6. The summed E-state index contributed by atoms with van der Waals surface area (Å²) in [6.07, 6.45) is -2.90. The number of pyridine rings is 1. The number of hydrogen-bond donors (Lipinski definition) is 1. The van der Waals surface area contributed by atoms with Gasteiger partial charge < -0.3 is 5.73 Å². The molecule has 1 amide bonds. The first-order valence-electron chi connectivity index (χ1n) is 3.37. The van der Waals surface area contributed by atoms with Crippen LogP contribution in [0.15, 0.2) is 10.5 Å². The fourth-order valence-corrected chi connectivity index (χ4v) is 1.43. The maximum Gasteiger partial charge on any atom is 0.280 e. The van der Waals surface area contributed by atoms with E-state index < -0.39 is 29.5 Å². The van der Waals surface area contributed by atoms with E-state index in [2.05, 4.69) is 20.9 Å². The SMILES string of the molecule is NC(=O)c1c(Br)cc(C(F)F)nc1F. The third kappa shape index (κ3) is 2.03. The fourth-order valence-electron chi connectivity index (χ4n) is 0.833. The highest BCUT2D eigenvalue weighted by atomic mass is 79.9. The van der Waals surface area contributed by atoms with Gasteiger partial charge in [-0.05, 0) is 22.0 Å². The van der Waals surface area contributed by atoms with Gasteiger partial charge in [0.2, 0.25) is 5.95 Å². The molecule has 1 heterocycles. The minimum Gasteiger partial charge on any atom is -0.365 e. The Morgan fingerprint density at radius 1 is 1.57 bits per heavy atom. The lowest BCUT2D eigenvalue weighted by Gasteiger charge is -2.04. The highest BCUT2D eigenvalue weighted by Gasteiger charge is 2.19. The number of carbonyl (C=O) groups is 1. The van der Waals surface area contributed by atoms with Gasteiger partial charge in [0.25, 0.3) is 12.3 Å². The molecule has 0 aliphatic rings. The van der Waals surface area contributed by atoms with Crippen molar-refractivity contribution >= 4 is 21.8 Å². The number of nitrogens with two attached hydrogens (primary N) is 1. The molecule has 0 aliphatic carbocycles. The number of aromatic nitrogens is 1. The van der Waals surface area contributed by atoms with Crippen LogP contribution in [-0.2, 0) is 0 Å². The molecule has 0 atom stereocenters. The van der Waals surface area contributed by atoms with Crippen LogP contribution in [0.5, 0.6) is 0 Å². The number of primary amides is 1. The molecule has 1 aromatic rings. The maximum atomic E-state index is 12.9. The summed E-state index contributed by atoms with van der Waals surface area (Å²) in [5.41, 5.74) is 3.52. The van der Waals surface area contributed by atoms with E-state index in [-0.39, 0.29) is 4.47 Å². The van der Waals surface area contributed by atoms with Crippen molar-refractivity contribution in [2.75, 3.05) is 0 Å². The molecule has 0 saturated heterocycles. The molecule has 0 bridgehead atoms. The van der Waals surface area contributed by atoms with Gasteiger partial charge in [-0.2, -0.15) is 4.39 Å². The molecule has 76 valence electrons. The van der Waals surface area contributed by atoms with E-state index in [1.54, 1.807) is 0 Å². The smallest absolute Gasteiger partial charge is 0.280 e. The third-order valence-corrected chi connectivity index (χ3v) is 2.04. The van der Waals surface area contributed by atoms with Crippen molar-refractivity contribution in [1.29, 1.82) is 0 Å². The molecule has 0 aliphatic heterocycles. The van der Waals surface area contributed by atoms with Gasteiger partial charge >= 0.3 is 0 Å². The lowest BCUT2D eigenvalue weighted by atomic mass is 10.2. The molecule has 0 spiro atoms. The average molecular weight is 269 g/mol. The standard InChI is InChI=1S/C7H4BrF3N2O/c8-2-1-3(5(9)10)13-6(11)4(2)7(12)14/h1,5H,(H2,12,14). The molecule has 2 N–H and O–H groups in total. The summed E-state index contributed by atoms with van der Waals surface area (Å²) in [6, 6.07) is 0.855. The van der Waals surface area contributed by atoms with Gasteiger partial charge in [0, 0.05) is 4.47 Å². The van der Waals surface area contributed by atoms with E-state index in [0.29, 0.717) is 0 Å². The molecule has 0 fully saturated rings. The Hall–Kier alpha value is -1.11. The molecule has 7 heteroatoms. The number of carbonyl (C=O) groups excluding carboxylic acids is 1. The van der Waals surface area contributed by atoms with Crippen molar-refractivity contribution in [2.24, 2.45) is 5.73 Å². The largest absolute Gasteiger partial charge is 0.365 e. The highest BCUT2D eigenvalue weighted by molar-refractivity contribution is 9.10. The number of amides is 1. The lowest BCUT2D eigenvalue weighted by molar-refractivity contribution is 0.0993. The zero-order valence-electron chi connectivity index (χ0n) is 6.60. The Kier molecular flexibility index (Phi) is 3.10. The normalized spacial score (nSPS) is 10.6. The Morgan fingerprint density at radius 2 is 2.14 bits per heavy atom. The summed E-state index contributed by atoms with van der Waals surface area (Å²) < 4.78 is 37.0. The van der Waals surface area contributed by atoms with Crippen molar-refractivity contribution in [3.8, 4) is 0 Å². The van der Waals surface area contributed by atoms with Crippen LogP contribution in [-0.4, -0.2) is 10.9 Å². The topological polar surface area (TPSA) is 56.0 Å². The van der Waals surface area contributed by atoms with E-state index in [0.717, 1.165) is 6.07 Å². The van der Waals surface area contributed by atoms with Crippen molar-refractivity contribution in [3.05, 3.63) is 27.7 Å². The number of nitrogens with zero attached hydrogens (tertiary/aromatic N) is 1. The predicted molar refractivity (Wildman–Crippen MR) is 45.4 cm³/mol. The average Bonchev–Trinajstić information content (AvgIpc) is 2.01. The number of halogens is 4. The molecule has 3 nitrogen and oxygen atoms in total. The van der Waals surface area contributed by atoms with E-state index in [1.807, 2.05) is 0 Å². The van der Waals surface area contributed by atoms with Gasteiger partial charge in [0.05, 0.1) is 0 Å². The summed E-state index contributed by atoms with van der Waals surface area (Å²) in [6.45, 7) is 0. The van der Waals surface area contributed by atoms with Crippen LogP contribution in [0, 0.1) is 5.95 Å². The van der Waals surface area contributed by atoms with Gasteiger partial charge in [-0.1, -0.05) is 0 Å². The first-order chi connectivity index (χ1) is 6.43. The van der Waals surface area contributed by atoms with Gasteiger partial charge in [-0.3, -0.25) is 4.79 Å². The van der Waals surface area contributed by atoms with Crippen molar-refractivity contribution in [1.82, 2.24) is 4.98 Å². The third-order valence-electron chi connectivity index (χ3n) is 1.42. The number of alkyl halides is 2. The minimum absolute atomic E-state index is 0.132. The number of rotatable bonds is 2. The van der Waals surface area contributed by atoms with Crippen molar-refractivity contribution in [2.45, 2.75) is 6.43 Å². The molecule has 0 saturated carbocycles. The van der Waals surface area contributed by atoms with E-state index >= 15 is 0 Å². The molecular weight excluding hydrogens is 265 g/mol. The first kappa shape index (κ1) is 11.0. The van der Waals surface area contributed by atoms with Crippen LogP contribution in [0.25, 0.3) is 0 Å². The number of hydrogen-bond acceptors (Lipinski definition) is 2. The Bertz CT molecular complexity index is 360. The molecule has 14 heavy (non-hydrogen) atoms. The van der Waals surface area contributed by atoms with Crippen LogP contribution < -0.4 is 5.73 Å². The maximum absolute atomic E-state index is 12.9. The zero-order chi connectivity index (χ0) is 10.9. The fraction of sp³-hybridized carbons (Fsp3) is 0.143. The molecular formula is C7H4BrF3N2O. The molecule has 1 rings (SSSR count). The Morgan fingerprint density at radius 3 is 2.50 bits per heavy atom. The van der Waals surface area contributed by atoms with Crippen LogP contribution in [0.2, 0.25) is 0 Å². The molecule has 0 radical (unpaired) electrons. The monoisotopic (exact) mass is 268 g/mol. The van der Waals surface area contributed by atoms with Crippen molar-refractivity contribution < 1.29 is 18.0 Å². The zero-order valence-corrected chi connectivity index (χ0v) is 8.19. The molecule has 0 aromatic carbocycles. The van der Waals surface area contributed by atoms with Gasteiger partial charge in [-0.25, -0.2) is 13.8 Å². The first-order valence-corrected chi connectivity index (χ1v) is 4.16. The Balaban J connectivity index is 3.32. The van der Waals surface area contributed by atoms with Crippen LogP contribution in [0.4, 0.5) is 13.2 Å². The van der Waals surface area contributed by atoms with Crippen molar-refractivity contribution in [3.63, 3.8) is 0 Å². The Labute approximate surface area is 85.2 Å². The summed E-state index contributed by atoms with van der Waals surface area (Å²) in [5.74, 6) is -2.37. The van der Waals surface area contributed by atoms with Gasteiger partial charge in [-0.15, -0.1) is 0 Å². The van der Waals surface area contributed by atoms with E-state index in [4.69, 9.17) is 5.73 Å².